The van der Waals surface area contributed by atoms with Crippen LogP contribution in [0.25, 0.3) is 11.4 Å². The van der Waals surface area contributed by atoms with Gasteiger partial charge in [-0.05, 0) is 43.7 Å². The lowest BCUT2D eigenvalue weighted by Crippen LogP contribution is -2.29. The van der Waals surface area contributed by atoms with Gasteiger partial charge >= 0.3 is 6.09 Å². The number of nitrogens with one attached hydrogen (secondary N) is 2. The van der Waals surface area contributed by atoms with Crippen molar-refractivity contribution in [2.75, 3.05) is 10.6 Å². The van der Waals surface area contributed by atoms with Crippen LogP contribution in [0.15, 0.2) is 48.1 Å². The Labute approximate surface area is 193 Å². The first-order valence-corrected chi connectivity index (χ1v) is 10.3. The average Bonchev–Trinajstić information content (AvgIpc) is 3.17. The monoisotopic (exact) mass is 469 g/mol. The second kappa shape index (κ2) is 9.33. The molecule has 4 rings (SSSR count). The fraction of sp³-hybridized carbons (Fsp3) is 0.273. The molecule has 176 valence electrons. The third kappa shape index (κ3) is 4.60. The Balaban J connectivity index is 1.43. The van der Waals surface area contributed by atoms with Gasteiger partial charge in [-0.1, -0.05) is 5.21 Å². The van der Waals surface area contributed by atoms with E-state index in [2.05, 4.69) is 30.9 Å². The van der Waals surface area contributed by atoms with Crippen LogP contribution < -0.4 is 10.6 Å². The topological polar surface area (TPSA) is 124 Å². The van der Waals surface area contributed by atoms with Gasteiger partial charge in [0.15, 0.2) is 11.5 Å². The number of pyridine rings is 2. The van der Waals surface area contributed by atoms with E-state index in [1.165, 1.54) is 30.1 Å². The fourth-order valence-electron chi connectivity index (χ4n) is 3.40. The molecule has 0 aromatic carbocycles. The third-order valence-electron chi connectivity index (χ3n) is 5.48. The molecule has 2 amide bonds. The normalized spacial score (nSPS) is 16.0. The van der Waals surface area contributed by atoms with Gasteiger partial charge in [0.25, 0.3) is 0 Å². The van der Waals surface area contributed by atoms with Gasteiger partial charge in [-0.25, -0.2) is 18.9 Å². The van der Waals surface area contributed by atoms with Crippen LogP contribution in [0.2, 0.25) is 0 Å². The van der Waals surface area contributed by atoms with Gasteiger partial charge in [0.05, 0.1) is 23.5 Å². The predicted octanol–water partition coefficient (Wildman–Crippen LogP) is 3.92. The van der Waals surface area contributed by atoms with Gasteiger partial charge in [0.2, 0.25) is 11.9 Å². The second-order valence-electron chi connectivity index (χ2n) is 7.73. The molecule has 2 unspecified atom stereocenters. The molecule has 34 heavy (non-hydrogen) atoms. The summed E-state index contributed by atoms with van der Waals surface area (Å²) < 4.78 is 33.6. The van der Waals surface area contributed by atoms with E-state index in [0.29, 0.717) is 17.0 Å². The highest BCUT2D eigenvalue weighted by Gasteiger charge is 2.32. The number of nitrogens with zero attached hydrogens (tertiary/aromatic N) is 5. The standard InChI is InChI=1S/C22H21F2N7O3/c1-11-15(9-16(11)23)21(32)27-13-6-7-17(26-10-13)18-20(31(3)30-29-18)28-22(33)34-12(2)14-5-4-8-25-19(14)24/h4-8,10,12,15H,9H2,1-3H3,(H,27,32)(H,28,33). The van der Waals surface area contributed by atoms with Gasteiger partial charge in [-0.3, -0.25) is 15.1 Å². The summed E-state index contributed by atoms with van der Waals surface area (Å²) in [5.74, 6) is -1.56. The van der Waals surface area contributed by atoms with Crippen molar-refractivity contribution in [2.24, 2.45) is 13.0 Å². The summed E-state index contributed by atoms with van der Waals surface area (Å²) in [5, 5.41) is 13.2. The Hall–Kier alpha value is -4.22. The molecule has 10 nitrogen and oxygen atoms in total. The minimum Gasteiger partial charge on any atom is -0.441 e. The van der Waals surface area contributed by atoms with Gasteiger partial charge in [-0.2, -0.15) is 4.39 Å². The van der Waals surface area contributed by atoms with E-state index in [9.17, 15) is 18.4 Å². The van der Waals surface area contributed by atoms with Crippen molar-refractivity contribution < 1.29 is 23.1 Å². The Morgan fingerprint density at radius 1 is 1.21 bits per heavy atom. The Bertz CT molecular complexity index is 1270. The van der Waals surface area contributed by atoms with Gasteiger partial charge in [-0.15, -0.1) is 5.10 Å². The number of amides is 2. The van der Waals surface area contributed by atoms with Crippen molar-refractivity contribution >= 4 is 23.5 Å². The SMILES string of the molecule is CC1=C(F)CC1C(=O)Nc1ccc(-c2nnn(C)c2NC(=O)OC(C)c2cccnc2F)nc1. The summed E-state index contributed by atoms with van der Waals surface area (Å²) in [6.45, 7) is 3.11. The van der Waals surface area contributed by atoms with Crippen LogP contribution in [0.4, 0.5) is 25.1 Å². The van der Waals surface area contributed by atoms with E-state index in [0.717, 1.165) is 0 Å². The molecule has 12 heteroatoms. The lowest BCUT2D eigenvalue weighted by molar-refractivity contribution is -0.119. The van der Waals surface area contributed by atoms with Crippen molar-refractivity contribution in [3.05, 3.63) is 59.6 Å². The number of carbonyl (C=O) groups is 2. The molecule has 0 saturated heterocycles. The van der Waals surface area contributed by atoms with Crippen LogP contribution in [-0.4, -0.2) is 37.0 Å². The summed E-state index contributed by atoms with van der Waals surface area (Å²) in [4.78, 5) is 32.5. The van der Waals surface area contributed by atoms with E-state index in [1.54, 1.807) is 32.2 Å². The number of halogens is 2. The van der Waals surface area contributed by atoms with Crippen LogP contribution in [0.5, 0.6) is 0 Å². The number of ether oxygens (including phenoxy) is 1. The largest absolute Gasteiger partial charge is 0.441 e. The zero-order valence-corrected chi connectivity index (χ0v) is 18.5. The highest BCUT2D eigenvalue weighted by molar-refractivity contribution is 5.95. The molecule has 1 aliphatic carbocycles. The van der Waals surface area contributed by atoms with Gasteiger partial charge in [0.1, 0.15) is 11.9 Å². The van der Waals surface area contributed by atoms with E-state index < -0.39 is 24.1 Å². The van der Waals surface area contributed by atoms with E-state index >= 15 is 0 Å². The minimum atomic E-state index is -0.887. The van der Waals surface area contributed by atoms with Gasteiger partial charge in [0, 0.05) is 25.2 Å². The van der Waals surface area contributed by atoms with Crippen LogP contribution >= 0.6 is 0 Å². The number of rotatable bonds is 6. The number of aryl methyl sites for hydroxylation is 1. The molecule has 0 fully saturated rings. The molecular weight excluding hydrogens is 448 g/mol. The van der Waals surface area contributed by atoms with Crippen molar-refractivity contribution in [1.82, 2.24) is 25.0 Å². The molecule has 0 bridgehead atoms. The van der Waals surface area contributed by atoms with Crippen molar-refractivity contribution in [3.63, 3.8) is 0 Å². The maximum absolute atomic E-state index is 13.8. The molecule has 2 N–H and O–H groups in total. The second-order valence-corrected chi connectivity index (χ2v) is 7.73. The molecule has 3 aromatic heterocycles. The predicted molar refractivity (Wildman–Crippen MR) is 117 cm³/mol. The first-order chi connectivity index (χ1) is 16.2. The maximum atomic E-state index is 13.8. The summed E-state index contributed by atoms with van der Waals surface area (Å²) in [7, 11) is 1.57. The molecule has 2 atom stereocenters. The molecule has 0 radical (unpaired) electrons. The maximum Gasteiger partial charge on any atom is 0.413 e. The van der Waals surface area contributed by atoms with E-state index in [4.69, 9.17) is 4.74 Å². The van der Waals surface area contributed by atoms with Crippen LogP contribution in [0.3, 0.4) is 0 Å². The number of hydrogen-bond acceptors (Lipinski definition) is 7. The highest BCUT2D eigenvalue weighted by Crippen LogP contribution is 2.36. The highest BCUT2D eigenvalue weighted by atomic mass is 19.1. The molecular formula is C22H21F2N7O3. The van der Waals surface area contributed by atoms with Crippen LogP contribution in [0, 0.1) is 11.9 Å². The fourth-order valence-corrected chi connectivity index (χ4v) is 3.40. The lowest BCUT2D eigenvalue weighted by Gasteiger charge is -2.25. The smallest absolute Gasteiger partial charge is 0.413 e. The summed E-state index contributed by atoms with van der Waals surface area (Å²) in [6.07, 6.45) is 1.09. The van der Waals surface area contributed by atoms with E-state index in [1.807, 2.05) is 0 Å². The van der Waals surface area contributed by atoms with Crippen molar-refractivity contribution in [1.29, 1.82) is 0 Å². The Kier molecular flexibility index (Phi) is 6.30. The molecule has 3 aromatic rings. The summed E-state index contributed by atoms with van der Waals surface area (Å²) in [5.41, 5.74) is 1.63. The van der Waals surface area contributed by atoms with Crippen molar-refractivity contribution in [2.45, 2.75) is 26.4 Å². The quantitative estimate of drug-likeness (QED) is 0.524. The number of carbonyl (C=O) groups excluding carboxylic acids is 2. The zero-order chi connectivity index (χ0) is 24.4. The minimum absolute atomic E-state index is 0.0972. The molecule has 0 spiro atoms. The van der Waals surface area contributed by atoms with Crippen LogP contribution in [-0.2, 0) is 16.6 Å². The zero-order valence-electron chi connectivity index (χ0n) is 18.5. The van der Waals surface area contributed by atoms with Crippen LogP contribution in [0.1, 0.15) is 31.9 Å². The molecule has 0 aliphatic heterocycles. The number of allylic oxidation sites excluding steroid dienone is 1. The number of aromatic nitrogens is 5. The molecule has 3 heterocycles. The lowest BCUT2D eigenvalue weighted by atomic mass is 9.84. The van der Waals surface area contributed by atoms with Crippen molar-refractivity contribution in [3.8, 4) is 11.4 Å². The summed E-state index contributed by atoms with van der Waals surface area (Å²) >= 11 is 0. The summed E-state index contributed by atoms with van der Waals surface area (Å²) in [6, 6.07) is 6.21. The Morgan fingerprint density at radius 2 is 2.00 bits per heavy atom. The van der Waals surface area contributed by atoms with Gasteiger partial charge < -0.3 is 10.1 Å². The Morgan fingerprint density at radius 3 is 2.65 bits per heavy atom. The average molecular weight is 469 g/mol. The van der Waals surface area contributed by atoms with E-state index in [-0.39, 0.29) is 35.2 Å². The first kappa shape index (κ1) is 23.0. The third-order valence-corrected chi connectivity index (χ3v) is 5.48. The first-order valence-electron chi connectivity index (χ1n) is 10.3. The number of hydrogen-bond donors (Lipinski definition) is 2. The number of anilines is 2. The molecule has 0 saturated carbocycles. The molecule has 1 aliphatic rings.